The normalized spacial score (nSPS) is 15.0. The Morgan fingerprint density at radius 1 is 1.03 bits per heavy atom. The molecule has 3 aromatic rings. The van der Waals surface area contributed by atoms with Crippen molar-refractivity contribution < 1.29 is 22.7 Å². The molecule has 0 spiro atoms. The van der Waals surface area contributed by atoms with Crippen LogP contribution in [0, 0.1) is 17.0 Å². The largest absolute Gasteiger partial charge is 0.336 e. The Morgan fingerprint density at radius 3 is 2.19 bits per heavy atom. The lowest BCUT2D eigenvalue weighted by Gasteiger charge is -2.34. The molecule has 1 fully saturated rings. The fraction of sp³-hybridized carbons (Fsp3) is 0.250. The van der Waals surface area contributed by atoms with Gasteiger partial charge in [-0.3, -0.25) is 14.9 Å². The number of aromatic nitrogens is 2. The Bertz CT molecular complexity index is 1250. The van der Waals surface area contributed by atoms with Gasteiger partial charge in [0, 0.05) is 49.4 Å². The maximum atomic E-state index is 12.8. The third-order valence-electron chi connectivity index (χ3n) is 5.12. The minimum absolute atomic E-state index is 0.0188. The van der Waals surface area contributed by atoms with Gasteiger partial charge in [0.2, 0.25) is 10.0 Å². The molecule has 11 nitrogen and oxygen atoms in total. The summed E-state index contributed by atoms with van der Waals surface area (Å²) in [6.45, 7) is 2.44. The van der Waals surface area contributed by atoms with E-state index in [1.54, 1.807) is 36.1 Å². The molecule has 0 bridgehead atoms. The van der Waals surface area contributed by atoms with E-state index >= 15 is 0 Å². The summed E-state index contributed by atoms with van der Waals surface area (Å²) in [4.78, 5) is 28.7. The Morgan fingerprint density at radius 2 is 1.66 bits per heavy atom. The van der Waals surface area contributed by atoms with Crippen LogP contribution in [-0.2, 0) is 10.0 Å². The van der Waals surface area contributed by atoms with E-state index in [1.807, 2.05) is 0 Å². The molecule has 12 heteroatoms. The second kappa shape index (κ2) is 8.48. The summed E-state index contributed by atoms with van der Waals surface area (Å²) in [5.74, 6) is 0.680. The SMILES string of the molecule is Cc1noc(-c2ccc(C(=O)N3CCN(S(=O)(=O)c4ccc([N+](=O)[O-])cc4)CC3)cc2)n1. The first-order valence-corrected chi connectivity index (χ1v) is 11.1. The van der Waals surface area contributed by atoms with Crippen molar-refractivity contribution in [2.75, 3.05) is 26.2 Å². The number of sulfonamides is 1. The van der Waals surface area contributed by atoms with Gasteiger partial charge in [-0.05, 0) is 43.3 Å². The summed E-state index contributed by atoms with van der Waals surface area (Å²) >= 11 is 0. The van der Waals surface area contributed by atoms with Gasteiger partial charge in [0.25, 0.3) is 17.5 Å². The van der Waals surface area contributed by atoms with Gasteiger partial charge >= 0.3 is 0 Å². The first kappa shape index (κ1) is 21.6. The van der Waals surface area contributed by atoms with Crippen molar-refractivity contribution in [2.45, 2.75) is 11.8 Å². The summed E-state index contributed by atoms with van der Waals surface area (Å²) in [5.41, 5.74) is 0.984. The summed E-state index contributed by atoms with van der Waals surface area (Å²) in [6, 6.07) is 11.5. The van der Waals surface area contributed by atoms with Gasteiger partial charge in [-0.25, -0.2) is 8.42 Å². The minimum atomic E-state index is -3.80. The number of carbonyl (C=O) groups excluding carboxylic acids is 1. The number of hydrogen-bond acceptors (Lipinski definition) is 8. The lowest BCUT2D eigenvalue weighted by molar-refractivity contribution is -0.384. The molecular formula is C20H19N5O6S. The molecule has 166 valence electrons. The Labute approximate surface area is 183 Å². The van der Waals surface area contributed by atoms with Crippen molar-refractivity contribution >= 4 is 21.6 Å². The van der Waals surface area contributed by atoms with Gasteiger partial charge in [-0.1, -0.05) is 5.16 Å². The fourth-order valence-corrected chi connectivity index (χ4v) is 4.79. The van der Waals surface area contributed by atoms with Crippen molar-refractivity contribution in [3.63, 3.8) is 0 Å². The van der Waals surface area contributed by atoms with E-state index < -0.39 is 14.9 Å². The monoisotopic (exact) mass is 457 g/mol. The van der Waals surface area contributed by atoms with Gasteiger partial charge in [0.05, 0.1) is 9.82 Å². The molecule has 0 unspecified atom stereocenters. The van der Waals surface area contributed by atoms with Crippen LogP contribution in [0.1, 0.15) is 16.2 Å². The molecule has 1 amide bonds. The van der Waals surface area contributed by atoms with Crippen molar-refractivity contribution in [1.29, 1.82) is 0 Å². The number of carbonyl (C=O) groups is 1. The number of nitrogens with zero attached hydrogens (tertiary/aromatic N) is 5. The van der Waals surface area contributed by atoms with Gasteiger partial charge in [-0.15, -0.1) is 0 Å². The molecule has 1 aromatic heterocycles. The van der Waals surface area contributed by atoms with Crippen LogP contribution in [0.5, 0.6) is 0 Å². The minimum Gasteiger partial charge on any atom is -0.336 e. The maximum absolute atomic E-state index is 12.8. The number of piperazine rings is 1. The molecule has 1 saturated heterocycles. The number of nitro groups is 1. The molecule has 0 saturated carbocycles. The third kappa shape index (κ3) is 4.22. The van der Waals surface area contributed by atoms with Crippen molar-refractivity contribution in [1.82, 2.24) is 19.3 Å². The third-order valence-corrected chi connectivity index (χ3v) is 7.03. The van der Waals surface area contributed by atoms with E-state index in [4.69, 9.17) is 4.52 Å². The zero-order valence-corrected chi connectivity index (χ0v) is 17.9. The van der Waals surface area contributed by atoms with Crippen molar-refractivity contribution in [2.24, 2.45) is 0 Å². The van der Waals surface area contributed by atoms with E-state index in [9.17, 15) is 23.3 Å². The molecular weight excluding hydrogens is 438 g/mol. The van der Waals surface area contributed by atoms with Crippen LogP contribution in [0.3, 0.4) is 0 Å². The van der Waals surface area contributed by atoms with Gasteiger partial charge in [0.1, 0.15) is 0 Å². The van der Waals surface area contributed by atoms with E-state index in [0.29, 0.717) is 22.8 Å². The lowest BCUT2D eigenvalue weighted by atomic mass is 10.1. The fourth-order valence-electron chi connectivity index (χ4n) is 3.37. The van der Waals surface area contributed by atoms with Crippen LogP contribution in [-0.4, -0.2) is 64.8 Å². The smallest absolute Gasteiger partial charge is 0.269 e. The number of rotatable bonds is 5. The molecule has 2 aromatic carbocycles. The van der Waals surface area contributed by atoms with Gasteiger partial charge < -0.3 is 9.42 Å². The van der Waals surface area contributed by atoms with E-state index in [1.165, 1.54) is 16.4 Å². The van der Waals surface area contributed by atoms with E-state index in [0.717, 1.165) is 12.1 Å². The van der Waals surface area contributed by atoms with Crippen LogP contribution in [0.25, 0.3) is 11.5 Å². The molecule has 0 aliphatic carbocycles. The second-order valence-corrected chi connectivity index (χ2v) is 9.11. The summed E-state index contributed by atoms with van der Waals surface area (Å²) < 4.78 is 32.0. The first-order chi connectivity index (χ1) is 15.3. The van der Waals surface area contributed by atoms with Crippen LogP contribution in [0.4, 0.5) is 5.69 Å². The van der Waals surface area contributed by atoms with E-state index in [2.05, 4.69) is 10.1 Å². The number of nitro benzene ring substituents is 1. The predicted molar refractivity (Wildman–Crippen MR) is 112 cm³/mol. The van der Waals surface area contributed by atoms with Crippen LogP contribution in [0.2, 0.25) is 0 Å². The molecule has 4 rings (SSSR count). The molecule has 32 heavy (non-hydrogen) atoms. The van der Waals surface area contributed by atoms with Crippen LogP contribution in [0.15, 0.2) is 57.9 Å². The van der Waals surface area contributed by atoms with Crippen molar-refractivity contribution in [3.05, 3.63) is 70.0 Å². The highest BCUT2D eigenvalue weighted by atomic mass is 32.2. The Balaban J connectivity index is 1.40. The lowest BCUT2D eigenvalue weighted by Crippen LogP contribution is -2.50. The van der Waals surface area contributed by atoms with Gasteiger partial charge in [-0.2, -0.15) is 9.29 Å². The molecule has 1 aliphatic heterocycles. The molecule has 2 heterocycles. The average molecular weight is 457 g/mol. The topological polar surface area (TPSA) is 140 Å². The second-order valence-electron chi connectivity index (χ2n) is 7.17. The van der Waals surface area contributed by atoms with Crippen LogP contribution < -0.4 is 0 Å². The number of benzene rings is 2. The highest BCUT2D eigenvalue weighted by Crippen LogP contribution is 2.22. The van der Waals surface area contributed by atoms with Gasteiger partial charge in [0.15, 0.2) is 5.82 Å². The summed E-state index contributed by atoms with van der Waals surface area (Å²) in [5, 5.41) is 14.5. The zero-order valence-electron chi connectivity index (χ0n) is 17.0. The van der Waals surface area contributed by atoms with E-state index in [-0.39, 0.29) is 42.7 Å². The molecule has 0 atom stereocenters. The number of hydrogen-bond donors (Lipinski definition) is 0. The Kier molecular flexibility index (Phi) is 5.72. The Hall–Kier alpha value is -3.64. The maximum Gasteiger partial charge on any atom is 0.269 e. The highest BCUT2D eigenvalue weighted by molar-refractivity contribution is 7.89. The first-order valence-electron chi connectivity index (χ1n) is 9.70. The number of amides is 1. The quantitative estimate of drug-likeness (QED) is 0.419. The average Bonchev–Trinajstić information content (AvgIpc) is 3.25. The predicted octanol–water partition coefficient (Wildman–Crippen LogP) is 2.10. The molecule has 1 aliphatic rings. The molecule has 0 N–H and O–H groups in total. The standard InChI is InChI=1S/C20H19N5O6S/c1-14-21-19(31-22-14)15-2-4-16(5-3-15)20(26)23-10-12-24(13-11-23)32(29,30)18-8-6-17(7-9-18)25(27)28/h2-9H,10-13H2,1H3. The summed E-state index contributed by atoms with van der Waals surface area (Å²) in [6.07, 6.45) is 0. The molecule has 0 radical (unpaired) electrons. The zero-order chi connectivity index (χ0) is 22.9. The van der Waals surface area contributed by atoms with Crippen molar-refractivity contribution in [3.8, 4) is 11.5 Å². The highest BCUT2D eigenvalue weighted by Gasteiger charge is 2.30. The number of non-ortho nitro benzene ring substituents is 1. The summed E-state index contributed by atoms with van der Waals surface area (Å²) in [7, 11) is -3.80. The number of aryl methyl sites for hydroxylation is 1. The van der Waals surface area contributed by atoms with Crippen LogP contribution >= 0.6 is 0 Å².